The average molecular weight is 664 g/mol. The third kappa shape index (κ3) is 5.19. The summed E-state index contributed by atoms with van der Waals surface area (Å²) in [5, 5.41) is 7.32. The highest BCUT2D eigenvalue weighted by Crippen LogP contribution is 2.39. The third-order valence-corrected chi connectivity index (χ3v) is 10.1. The first kappa shape index (κ1) is 29.9. The van der Waals surface area contributed by atoms with Crippen LogP contribution < -0.4 is 4.90 Å². The summed E-state index contributed by atoms with van der Waals surface area (Å²) < 4.78 is 2.30. The maximum atomic E-state index is 5.24. The van der Waals surface area contributed by atoms with Gasteiger partial charge in [-0.05, 0) is 111 Å². The van der Waals surface area contributed by atoms with Crippen molar-refractivity contribution in [3.63, 3.8) is 0 Å². The number of hydrogen-bond donors (Lipinski definition) is 0. The van der Waals surface area contributed by atoms with Gasteiger partial charge in [0.1, 0.15) is 5.82 Å². The number of imidazole rings is 1. The maximum absolute atomic E-state index is 5.24. The lowest BCUT2D eigenvalue weighted by molar-refractivity contribution is 1.11. The van der Waals surface area contributed by atoms with Gasteiger partial charge in [0.2, 0.25) is 0 Å². The number of anilines is 3. The van der Waals surface area contributed by atoms with Crippen molar-refractivity contribution in [2.24, 2.45) is 0 Å². The van der Waals surface area contributed by atoms with Crippen LogP contribution in [0.25, 0.3) is 71.6 Å². The second-order valence-electron chi connectivity index (χ2n) is 13.3. The molecule has 0 spiro atoms. The Morgan fingerprint density at radius 1 is 0.365 bits per heavy atom. The van der Waals surface area contributed by atoms with Gasteiger partial charge in [0.25, 0.3) is 0 Å². The van der Waals surface area contributed by atoms with E-state index in [1.807, 2.05) is 0 Å². The average Bonchev–Trinajstić information content (AvgIpc) is 3.62. The second-order valence-corrected chi connectivity index (χ2v) is 13.3. The van der Waals surface area contributed by atoms with Gasteiger partial charge in [0.05, 0.1) is 11.0 Å². The monoisotopic (exact) mass is 663 g/mol. The number of nitrogens with zero attached hydrogens (tertiary/aromatic N) is 3. The third-order valence-electron chi connectivity index (χ3n) is 10.1. The number of aromatic nitrogens is 2. The van der Waals surface area contributed by atoms with E-state index in [1.165, 1.54) is 43.4 Å². The first-order valence-electron chi connectivity index (χ1n) is 17.7. The quantitative estimate of drug-likeness (QED) is 0.177. The Morgan fingerprint density at radius 3 is 1.60 bits per heavy atom. The highest BCUT2D eigenvalue weighted by Gasteiger charge is 2.19. The fourth-order valence-corrected chi connectivity index (χ4v) is 7.56. The van der Waals surface area contributed by atoms with Gasteiger partial charge in [0, 0.05) is 33.7 Å². The van der Waals surface area contributed by atoms with E-state index in [0.717, 1.165) is 45.2 Å². The minimum atomic E-state index is 0.918. The summed E-state index contributed by atoms with van der Waals surface area (Å²) in [6.45, 7) is 0. The zero-order valence-electron chi connectivity index (χ0n) is 28.4. The number of fused-ring (bicyclic) bond motifs is 5. The molecule has 52 heavy (non-hydrogen) atoms. The number of rotatable bonds is 6. The SMILES string of the molecule is c1ccc(-n2c(-c3ccc(N(c4ccc(-c5ccc6ccccc6c5)cc4)c4ccc5ccccc5c4)cc3)nc3ccc4ccccc4c32)cc1. The van der Waals surface area contributed by atoms with Gasteiger partial charge in [-0.25, -0.2) is 4.98 Å². The number of benzene rings is 9. The molecule has 0 N–H and O–H groups in total. The van der Waals surface area contributed by atoms with E-state index in [2.05, 4.69) is 210 Å². The largest absolute Gasteiger partial charge is 0.310 e. The molecule has 3 nitrogen and oxygen atoms in total. The molecular weight excluding hydrogens is 631 g/mol. The summed E-state index contributed by atoms with van der Waals surface area (Å²) in [7, 11) is 0. The Bertz CT molecular complexity index is 2890. The second kappa shape index (κ2) is 12.4. The van der Waals surface area contributed by atoms with Crippen LogP contribution in [0, 0.1) is 0 Å². The van der Waals surface area contributed by atoms with E-state index >= 15 is 0 Å². The molecule has 1 heterocycles. The van der Waals surface area contributed by atoms with E-state index in [-0.39, 0.29) is 0 Å². The van der Waals surface area contributed by atoms with E-state index in [4.69, 9.17) is 4.98 Å². The maximum Gasteiger partial charge on any atom is 0.145 e. The van der Waals surface area contributed by atoms with Gasteiger partial charge in [-0.3, -0.25) is 4.57 Å². The van der Waals surface area contributed by atoms with Gasteiger partial charge in [-0.1, -0.05) is 127 Å². The molecule has 0 radical (unpaired) electrons. The molecule has 3 heteroatoms. The minimum Gasteiger partial charge on any atom is -0.310 e. The highest BCUT2D eigenvalue weighted by molar-refractivity contribution is 6.06. The minimum absolute atomic E-state index is 0.918. The molecular formula is C49H33N3. The molecule has 9 aromatic carbocycles. The standard InChI is InChI=1S/C49H33N3/c1-2-15-42(16-3-1)52-48-46-17-9-8-12-37(46)25-31-47(48)50-49(52)38-23-28-44(29-24-38)51(45-30-22-35-11-5-7-14-40(35)33-45)43-26-20-36(21-27-43)41-19-18-34-10-4-6-13-39(34)32-41/h1-33H. The molecule has 0 fully saturated rings. The number of hydrogen-bond acceptors (Lipinski definition) is 2. The van der Waals surface area contributed by atoms with Crippen molar-refractivity contribution in [2.75, 3.05) is 4.90 Å². The van der Waals surface area contributed by atoms with E-state index < -0.39 is 0 Å². The van der Waals surface area contributed by atoms with Crippen LogP contribution >= 0.6 is 0 Å². The van der Waals surface area contributed by atoms with E-state index in [0.29, 0.717) is 0 Å². The van der Waals surface area contributed by atoms with Crippen molar-refractivity contribution < 1.29 is 0 Å². The van der Waals surface area contributed by atoms with E-state index in [9.17, 15) is 0 Å². The summed E-state index contributed by atoms with van der Waals surface area (Å²) in [6, 6.07) is 71.6. The molecule has 0 bridgehead atoms. The molecule has 244 valence electrons. The van der Waals surface area contributed by atoms with Crippen LogP contribution in [0.5, 0.6) is 0 Å². The molecule has 0 atom stereocenters. The summed E-state index contributed by atoms with van der Waals surface area (Å²) in [4.78, 5) is 7.58. The van der Waals surface area contributed by atoms with Crippen LogP contribution in [0.2, 0.25) is 0 Å². The Balaban J connectivity index is 1.09. The molecule has 0 unspecified atom stereocenters. The van der Waals surface area contributed by atoms with Crippen molar-refractivity contribution in [3.8, 4) is 28.2 Å². The van der Waals surface area contributed by atoms with Gasteiger partial charge in [0.15, 0.2) is 0 Å². The lowest BCUT2D eigenvalue weighted by Crippen LogP contribution is -2.10. The summed E-state index contributed by atoms with van der Waals surface area (Å²) >= 11 is 0. The fraction of sp³-hybridized carbons (Fsp3) is 0. The van der Waals surface area contributed by atoms with Crippen LogP contribution in [0.1, 0.15) is 0 Å². The predicted octanol–water partition coefficient (Wildman–Crippen LogP) is 13.3. The molecule has 0 aliphatic rings. The first-order valence-corrected chi connectivity index (χ1v) is 17.7. The van der Waals surface area contributed by atoms with Gasteiger partial charge in [-0.15, -0.1) is 0 Å². The van der Waals surface area contributed by atoms with Crippen molar-refractivity contribution in [1.29, 1.82) is 0 Å². The van der Waals surface area contributed by atoms with E-state index in [1.54, 1.807) is 0 Å². The van der Waals surface area contributed by atoms with Crippen molar-refractivity contribution >= 4 is 60.4 Å². The van der Waals surface area contributed by atoms with Gasteiger partial charge >= 0.3 is 0 Å². The lowest BCUT2D eigenvalue weighted by Gasteiger charge is -2.26. The zero-order chi connectivity index (χ0) is 34.4. The molecule has 0 aliphatic carbocycles. The van der Waals surface area contributed by atoms with Gasteiger partial charge in [-0.2, -0.15) is 0 Å². The summed E-state index contributed by atoms with van der Waals surface area (Å²) in [6.07, 6.45) is 0. The molecule has 1 aromatic heterocycles. The predicted molar refractivity (Wildman–Crippen MR) is 219 cm³/mol. The molecule has 0 saturated carbocycles. The van der Waals surface area contributed by atoms with Crippen molar-refractivity contribution in [1.82, 2.24) is 9.55 Å². The zero-order valence-corrected chi connectivity index (χ0v) is 28.4. The Labute approximate surface area is 302 Å². The lowest BCUT2D eigenvalue weighted by atomic mass is 10.0. The Hall–Kier alpha value is -6.97. The molecule has 10 aromatic rings. The van der Waals surface area contributed by atoms with Crippen LogP contribution in [0.3, 0.4) is 0 Å². The molecule has 0 saturated heterocycles. The van der Waals surface area contributed by atoms with Crippen molar-refractivity contribution in [3.05, 3.63) is 200 Å². The Kier molecular flexibility index (Phi) is 7.14. The van der Waals surface area contributed by atoms with Crippen LogP contribution in [0.4, 0.5) is 17.1 Å². The first-order chi connectivity index (χ1) is 25.8. The highest BCUT2D eigenvalue weighted by atomic mass is 15.1. The molecule has 0 amide bonds. The normalized spacial score (nSPS) is 11.5. The molecule has 0 aliphatic heterocycles. The van der Waals surface area contributed by atoms with Crippen LogP contribution in [-0.2, 0) is 0 Å². The smallest absolute Gasteiger partial charge is 0.145 e. The molecule has 10 rings (SSSR count). The number of para-hydroxylation sites is 1. The topological polar surface area (TPSA) is 21.1 Å². The van der Waals surface area contributed by atoms with Crippen LogP contribution in [0.15, 0.2) is 200 Å². The summed E-state index contributed by atoms with van der Waals surface area (Å²) in [5.74, 6) is 0.918. The van der Waals surface area contributed by atoms with Gasteiger partial charge < -0.3 is 4.90 Å². The fourth-order valence-electron chi connectivity index (χ4n) is 7.56. The van der Waals surface area contributed by atoms with Crippen LogP contribution in [-0.4, -0.2) is 9.55 Å². The summed E-state index contributed by atoms with van der Waals surface area (Å²) in [5.41, 5.74) is 9.91. The Morgan fingerprint density at radius 2 is 0.885 bits per heavy atom. The van der Waals surface area contributed by atoms with Crippen molar-refractivity contribution in [2.45, 2.75) is 0 Å².